The van der Waals surface area contributed by atoms with Crippen LogP contribution in [0.25, 0.3) is 55.9 Å². The molecule has 8 aromatic carbocycles. The van der Waals surface area contributed by atoms with Gasteiger partial charge in [0.25, 0.3) is 0 Å². The molecule has 0 aliphatic rings. The van der Waals surface area contributed by atoms with Gasteiger partial charge in [-0.05, 0) is 142 Å². The van der Waals surface area contributed by atoms with E-state index in [1.54, 1.807) is 0 Å². The smallest absolute Gasteiger partial charge is 0.305 e. The van der Waals surface area contributed by atoms with Crippen LogP contribution in [0.4, 0.5) is 34.1 Å². The lowest BCUT2D eigenvalue weighted by molar-refractivity contribution is -0.140. The number of anilines is 6. The molecule has 346 valence electrons. The maximum absolute atomic E-state index is 11.8. The summed E-state index contributed by atoms with van der Waals surface area (Å²) in [5.41, 5.74) is 19.3. The Balaban J connectivity index is 0.865. The number of benzene rings is 8. The maximum Gasteiger partial charge on any atom is 0.305 e. The molecule has 2 heterocycles. The minimum absolute atomic E-state index is 0.211. The number of pyridine rings is 2. The molecule has 6 heteroatoms. The largest absolute Gasteiger partial charge is 0.469 e. The number of rotatable bonds is 16. The van der Waals surface area contributed by atoms with E-state index >= 15 is 0 Å². The maximum atomic E-state index is 11.8. The normalized spacial score (nSPS) is 11.0. The summed E-state index contributed by atoms with van der Waals surface area (Å²) in [6.45, 7) is 2.22. The van der Waals surface area contributed by atoms with E-state index < -0.39 is 0 Å². The number of aromatic nitrogens is 2. The van der Waals surface area contributed by atoms with Crippen LogP contribution in [-0.2, 0) is 22.4 Å². The van der Waals surface area contributed by atoms with E-state index in [0.29, 0.717) is 12.8 Å². The molecule has 71 heavy (non-hydrogen) atoms. The molecule has 0 saturated carbocycles. The molecular weight excluding hydrogens is 869 g/mol. The predicted octanol–water partition coefficient (Wildman–Crippen LogP) is 16.8. The van der Waals surface area contributed by atoms with Crippen LogP contribution in [0.2, 0.25) is 0 Å². The zero-order valence-electron chi connectivity index (χ0n) is 40.0. The topological polar surface area (TPSA) is 58.6 Å². The number of carbonyl (C=O) groups excluding carboxylic acids is 1. The lowest BCUT2D eigenvalue weighted by Crippen LogP contribution is -2.10. The summed E-state index contributed by atoms with van der Waals surface area (Å²) >= 11 is 0. The Kier molecular flexibility index (Phi) is 14.0. The van der Waals surface area contributed by atoms with Gasteiger partial charge < -0.3 is 14.5 Å². The summed E-state index contributed by atoms with van der Waals surface area (Å²) in [6.07, 6.45) is 7.00. The van der Waals surface area contributed by atoms with Gasteiger partial charge in [-0.1, -0.05) is 159 Å². The van der Waals surface area contributed by atoms with Crippen LogP contribution in [0.15, 0.2) is 243 Å². The summed E-state index contributed by atoms with van der Waals surface area (Å²) in [5.74, 6) is -0.211. The number of methoxy groups -OCH3 is 1. The van der Waals surface area contributed by atoms with E-state index in [1.165, 1.54) is 23.8 Å². The Morgan fingerprint density at radius 1 is 0.380 bits per heavy atom. The fourth-order valence-electron chi connectivity index (χ4n) is 9.10. The highest BCUT2D eigenvalue weighted by Gasteiger charge is 2.17. The first-order chi connectivity index (χ1) is 35.0. The van der Waals surface area contributed by atoms with Crippen LogP contribution < -0.4 is 9.80 Å². The quantitative estimate of drug-likeness (QED) is 0.0900. The van der Waals surface area contributed by atoms with Gasteiger partial charge in [-0.15, -0.1) is 0 Å². The molecule has 0 amide bonds. The van der Waals surface area contributed by atoms with E-state index in [9.17, 15) is 4.79 Å². The van der Waals surface area contributed by atoms with E-state index in [-0.39, 0.29) is 5.97 Å². The van der Waals surface area contributed by atoms with Crippen molar-refractivity contribution in [3.63, 3.8) is 0 Å². The fourth-order valence-corrected chi connectivity index (χ4v) is 9.10. The van der Waals surface area contributed by atoms with Crippen molar-refractivity contribution in [2.45, 2.75) is 32.6 Å². The Bertz CT molecular complexity index is 3320. The van der Waals surface area contributed by atoms with Crippen LogP contribution in [0.5, 0.6) is 0 Å². The Morgan fingerprint density at radius 2 is 0.746 bits per heavy atom. The molecule has 0 fully saturated rings. The molecule has 0 saturated heterocycles. The van der Waals surface area contributed by atoms with Gasteiger partial charge >= 0.3 is 5.97 Å². The van der Waals surface area contributed by atoms with Crippen LogP contribution in [0.3, 0.4) is 0 Å². The van der Waals surface area contributed by atoms with Gasteiger partial charge in [0.2, 0.25) is 0 Å². The second-order valence-corrected chi connectivity index (χ2v) is 17.6. The van der Waals surface area contributed by atoms with Crippen LogP contribution in [0, 0.1) is 0 Å². The molecule has 0 aliphatic heterocycles. The lowest BCUT2D eigenvalue weighted by atomic mass is 10.0. The first-order valence-corrected chi connectivity index (χ1v) is 24.3. The van der Waals surface area contributed by atoms with E-state index in [4.69, 9.17) is 14.7 Å². The van der Waals surface area contributed by atoms with Gasteiger partial charge in [0.1, 0.15) is 0 Å². The lowest BCUT2D eigenvalue weighted by Gasteiger charge is -2.26. The van der Waals surface area contributed by atoms with Crippen molar-refractivity contribution in [1.82, 2.24) is 9.97 Å². The average molecular weight is 923 g/mol. The highest BCUT2D eigenvalue weighted by atomic mass is 16.5. The van der Waals surface area contributed by atoms with Gasteiger partial charge in [0, 0.05) is 64.1 Å². The number of hydrogen-bond donors (Lipinski definition) is 0. The summed E-state index contributed by atoms with van der Waals surface area (Å²) in [6, 6.07) is 81.4. The predicted molar refractivity (Wildman–Crippen MR) is 293 cm³/mol. The number of nitrogens with zero attached hydrogens (tertiary/aromatic N) is 4. The summed E-state index contributed by atoms with van der Waals surface area (Å²) in [7, 11) is 1.43. The van der Waals surface area contributed by atoms with Gasteiger partial charge in [-0.3, -0.25) is 14.8 Å². The molecule has 10 aromatic rings. The van der Waals surface area contributed by atoms with Crippen molar-refractivity contribution in [2.24, 2.45) is 0 Å². The third-order valence-electron chi connectivity index (χ3n) is 12.9. The number of carbonyl (C=O) groups is 1. The molecule has 2 aromatic heterocycles. The second kappa shape index (κ2) is 21.6. The highest BCUT2D eigenvalue weighted by molar-refractivity contribution is 5.83. The molecule has 0 bridgehead atoms. The van der Waals surface area contributed by atoms with Crippen LogP contribution in [0.1, 0.15) is 30.9 Å². The number of aryl methyl sites for hydroxylation is 2. The van der Waals surface area contributed by atoms with Crippen molar-refractivity contribution in [2.75, 3.05) is 16.9 Å². The fraction of sp³-hybridized carbons (Fsp3) is 0.0923. The van der Waals surface area contributed by atoms with E-state index in [1.807, 2.05) is 30.6 Å². The standard InChI is InChI=1S/C65H54N4O2/c1-3-12-47-21-32-57(33-22-47)68(61-19-10-17-53(43-61)49-13-6-4-7-14-49)59-36-26-51(27-37-59)55-30-40-63(66-45-55)64-41-31-56(46-67-64)52-28-38-60(39-29-52)69(58-34-23-48(24-35-58)25-42-65(70)71-2)62-20-11-18-54(44-62)50-15-8-5-9-16-50/h4-11,13-24,26-41,43-46H,3,12,25,42H2,1-2H3. The van der Waals surface area contributed by atoms with Crippen molar-refractivity contribution in [3.8, 4) is 55.9 Å². The summed E-state index contributed by atoms with van der Waals surface area (Å²) in [4.78, 5) is 26.2. The molecule has 0 N–H and O–H groups in total. The molecule has 0 spiro atoms. The zero-order chi connectivity index (χ0) is 48.4. The minimum Gasteiger partial charge on any atom is -0.469 e. The number of esters is 1. The van der Waals surface area contributed by atoms with Gasteiger partial charge in [-0.2, -0.15) is 0 Å². The SMILES string of the molecule is CCCc1ccc(N(c2ccc(-c3ccc(-c4ccc(-c5ccc(N(c6ccc(CCC(=O)OC)cc6)c6cccc(-c7ccccc7)c6)cc5)cn4)nc3)cc2)c2cccc(-c3ccccc3)c2)cc1. The monoisotopic (exact) mass is 922 g/mol. The first kappa shape index (κ1) is 45.9. The van der Waals surface area contributed by atoms with Crippen molar-refractivity contribution in [3.05, 3.63) is 254 Å². The third-order valence-corrected chi connectivity index (χ3v) is 12.9. The van der Waals surface area contributed by atoms with Crippen molar-refractivity contribution in [1.29, 1.82) is 0 Å². The molecule has 0 atom stereocenters. The Labute approximate surface area is 417 Å². The van der Waals surface area contributed by atoms with Gasteiger partial charge in [0.05, 0.1) is 18.5 Å². The van der Waals surface area contributed by atoms with Crippen LogP contribution >= 0.6 is 0 Å². The highest BCUT2D eigenvalue weighted by Crippen LogP contribution is 2.40. The molecule has 0 radical (unpaired) electrons. The van der Waals surface area contributed by atoms with E-state index in [0.717, 1.165) is 97.3 Å². The second-order valence-electron chi connectivity index (χ2n) is 17.6. The number of hydrogen-bond acceptors (Lipinski definition) is 6. The van der Waals surface area contributed by atoms with E-state index in [2.05, 4.69) is 229 Å². The Morgan fingerprint density at radius 3 is 1.13 bits per heavy atom. The summed E-state index contributed by atoms with van der Waals surface area (Å²) < 4.78 is 4.87. The molecule has 0 aliphatic carbocycles. The average Bonchev–Trinajstić information content (AvgIpc) is 3.44. The first-order valence-electron chi connectivity index (χ1n) is 24.3. The Hall–Kier alpha value is -8.87. The van der Waals surface area contributed by atoms with Crippen molar-refractivity contribution >= 4 is 40.1 Å². The minimum atomic E-state index is -0.211. The molecule has 0 unspecified atom stereocenters. The van der Waals surface area contributed by atoms with Gasteiger partial charge in [-0.25, -0.2) is 0 Å². The third kappa shape index (κ3) is 10.7. The van der Waals surface area contributed by atoms with Crippen molar-refractivity contribution < 1.29 is 9.53 Å². The molecule has 10 rings (SSSR count). The number of ether oxygens (including phenoxy) is 1. The van der Waals surface area contributed by atoms with Gasteiger partial charge in [0.15, 0.2) is 0 Å². The zero-order valence-corrected chi connectivity index (χ0v) is 40.0. The molecular formula is C65H54N4O2. The molecule has 6 nitrogen and oxygen atoms in total. The van der Waals surface area contributed by atoms with Crippen LogP contribution in [-0.4, -0.2) is 23.0 Å². The summed E-state index contributed by atoms with van der Waals surface area (Å²) in [5, 5.41) is 0.